The standard InChI is InChI=1S/C21H15BrO2/c22-18-11-9-17(10-12-18)21(23)15-8-16-6-13-20(14-7-16)24-19-4-2-1-3-5-19/h1-15H/b15-8+. The largest absolute Gasteiger partial charge is 0.457 e. The van der Waals surface area contributed by atoms with Crippen LogP contribution < -0.4 is 4.74 Å². The van der Waals surface area contributed by atoms with E-state index >= 15 is 0 Å². The summed E-state index contributed by atoms with van der Waals surface area (Å²) >= 11 is 3.36. The molecule has 3 heteroatoms. The lowest BCUT2D eigenvalue weighted by Gasteiger charge is -2.05. The van der Waals surface area contributed by atoms with E-state index in [4.69, 9.17) is 4.74 Å². The molecule has 0 saturated carbocycles. The summed E-state index contributed by atoms with van der Waals surface area (Å²) in [7, 11) is 0. The summed E-state index contributed by atoms with van der Waals surface area (Å²) in [4.78, 5) is 12.1. The molecule has 3 rings (SSSR count). The number of benzene rings is 3. The van der Waals surface area contributed by atoms with Gasteiger partial charge in [0.2, 0.25) is 0 Å². The lowest BCUT2D eigenvalue weighted by atomic mass is 10.1. The van der Waals surface area contributed by atoms with Crippen LogP contribution >= 0.6 is 15.9 Å². The molecule has 0 heterocycles. The SMILES string of the molecule is O=C(/C=C/c1ccc(Oc2ccccc2)cc1)c1ccc(Br)cc1. The molecule has 0 aliphatic carbocycles. The quantitative estimate of drug-likeness (QED) is 0.393. The highest BCUT2D eigenvalue weighted by Crippen LogP contribution is 2.21. The smallest absolute Gasteiger partial charge is 0.185 e. The maximum atomic E-state index is 12.1. The summed E-state index contributed by atoms with van der Waals surface area (Å²) in [5.74, 6) is 1.54. The molecular weight excluding hydrogens is 364 g/mol. The zero-order chi connectivity index (χ0) is 16.8. The average molecular weight is 379 g/mol. The third-order valence-corrected chi connectivity index (χ3v) is 3.94. The van der Waals surface area contributed by atoms with Gasteiger partial charge in [-0.1, -0.05) is 52.3 Å². The van der Waals surface area contributed by atoms with Crippen molar-refractivity contribution < 1.29 is 9.53 Å². The molecule has 0 unspecified atom stereocenters. The first-order chi connectivity index (χ1) is 11.7. The maximum Gasteiger partial charge on any atom is 0.185 e. The maximum absolute atomic E-state index is 12.1. The molecule has 0 aliphatic heterocycles. The monoisotopic (exact) mass is 378 g/mol. The van der Waals surface area contributed by atoms with Crippen molar-refractivity contribution in [3.8, 4) is 11.5 Å². The Hall–Kier alpha value is -2.65. The van der Waals surface area contributed by atoms with E-state index < -0.39 is 0 Å². The molecule has 0 saturated heterocycles. The Kier molecular flexibility index (Phi) is 5.24. The zero-order valence-electron chi connectivity index (χ0n) is 12.9. The van der Waals surface area contributed by atoms with Crippen LogP contribution in [0, 0.1) is 0 Å². The molecule has 0 aliphatic rings. The van der Waals surface area contributed by atoms with Crippen LogP contribution in [0.5, 0.6) is 11.5 Å². The molecule has 0 amide bonds. The summed E-state index contributed by atoms with van der Waals surface area (Å²) < 4.78 is 6.70. The first-order valence-corrected chi connectivity index (χ1v) is 8.31. The second kappa shape index (κ2) is 7.75. The number of rotatable bonds is 5. The van der Waals surface area contributed by atoms with E-state index in [9.17, 15) is 4.79 Å². The van der Waals surface area contributed by atoms with Crippen LogP contribution in [0.2, 0.25) is 0 Å². The molecule has 0 bridgehead atoms. The minimum atomic E-state index is -0.0212. The minimum absolute atomic E-state index is 0.0212. The van der Waals surface area contributed by atoms with Gasteiger partial charge in [-0.15, -0.1) is 0 Å². The number of allylic oxidation sites excluding steroid dienone is 1. The van der Waals surface area contributed by atoms with E-state index in [1.54, 1.807) is 24.3 Å². The Balaban J connectivity index is 1.65. The van der Waals surface area contributed by atoms with Gasteiger partial charge in [-0.2, -0.15) is 0 Å². The van der Waals surface area contributed by atoms with Gasteiger partial charge >= 0.3 is 0 Å². The highest BCUT2D eigenvalue weighted by Gasteiger charge is 2.01. The highest BCUT2D eigenvalue weighted by molar-refractivity contribution is 9.10. The van der Waals surface area contributed by atoms with Crippen LogP contribution in [0.25, 0.3) is 6.08 Å². The van der Waals surface area contributed by atoms with Crippen molar-refractivity contribution in [1.82, 2.24) is 0 Å². The van der Waals surface area contributed by atoms with Crippen molar-refractivity contribution in [2.75, 3.05) is 0 Å². The average Bonchev–Trinajstić information content (AvgIpc) is 2.62. The molecule has 0 atom stereocenters. The van der Waals surface area contributed by atoms with Crippen molar-refractivity contribution in [3.05, 3.63) is 101 Å². The molecule has 118 valence electrons. The van der Waals surface area contributed by atoms with Gasteiger partial charge in [0.15, 0.2) is 5.78 Å². The first kappa shape index (κ1) is 16.2. The predicted molar refractivity (Wildman–Crippen MR) is 100 cm³/mol. The molecule has 0 radical (unpaired) electrons. The number of carbonyl (C=O) groups excluding carboxylic acids is 1. The Morgan fingerprint density at radius 1 is 0.792 bits per heavy atom. The highest BCUT2D eigenvalue weighted by atomic mass is 79.9. The minimum Gasteiger partial charge on any atom is -0.457 e. The normalized spacial score (nSPS) is 10.7. The van der Waals surface area contributed by atoms with Crippen LogP contribution in [0.3, 0.4) is 0 Å². The van der Waals surface area contributed by atoms with E-state index in [0.29, 0.717) is 5.56 Å². The molecule has 0 spiro atoms. The van der Waals surface area contributed by atoms with E-state index in [-0.39, 0.29) is 5.78 Å². The number of hydrogen-bond donors (Lipinski definition) is 0. The molecule has 0 N–H and O–H groups in total. The first-order valence-electron chi connectivity index (χ1n) is 7.52. The summed E-state index contributed by atoms with van der Waals surface area (Å²) in [6.45, 7) is 0. The molecule has 2 nitrogen and oxygen atoms in total. The molecule has 3 aromatic rings. The number of hydrogen-bond acceptors (Lipinski definition) is 2. The van der Waals surface area contributed by atoms with E-state index in [1.165, 1.54) is 0 Å². The van der Waals surface area contributed by atoms with Crippen molar-refractivity contribution >= 4 is 27.8 Å². The number of para-hydroxylation sites is 1. The van der Waals surface area contributed by atoms with Crippen LogP contribution in [0.1, 0.15) is 15.9 Å². The van der Waals surface area contributed by atoms with Crippen LogP contribution in [-0.4, -0.2) is 5.78 Å². The zero-order valence-corrected chi connectivity index (χ0v) is 14.4. The Labute approximate surface area is 149 Å². The van der Waals surface area contributed by atoms with Crippen molar-refractivity contribution in [1.29, 1.82) is 0 Å². The Bertz CT molecular complexity index is 835. The van der Waals surface area contributed by atoms with Gasteiger partial charge in [0.05, 0.1) is 0 Å². The van der Waals surface area contributed by atoms with Gasteiger partial charge < -0.3 is 4.74 Å². The third kappa shape index (κ3) is 4.43. The van der Waals surface area contributed by atoms with E-state index in [0.717, 1.165) is 21.5 Å². The molecule has 24 heavy (non-hydrogen) atoms. The summed E-state index contributed by atoms with van der Waals surface area (Å²) in [5.41, 5.74) is 1.61. The van der Waals surface area contributed by atoms with Gasteiger partial charge in [-0.05, 0) is 60.2 Å². The molecule has 0 fully saturated rings. The number of halogens is 1. The summed E-state index contributed by atoms with van der Waals surface area (Å²) in [6, 6.07) is 24.6. The number of ketones is 1. The number of carbonyl (C=O) groups is 1. The van der Waals surface area contributed by atoms with Crippen LogP contribution in [0.15, 0.2) is 89.4 Å². The van der Waals surface area contributed by atoms with E-state index in [1.807, 2.05) is 66.7 Å². The van der Waals surface area contributed by atoms with Gasteiger partial charge in [0, 0.05) is 10.0 Å². The number of ether oxygens (including phenoxy) is 1. The topological polar surface area (TPSA) is 26.3 Å². The van der Waals surface area contributed by atoms with Gasteiger partial charge in [-0.3, -0.25) is 4.79 Å². The summed E-state index contributed by atoms with van der Waals surface area (Å²) in [6.07, 6.45) is 3.38. The Morgan fingerprint density at radius 2 is 1.42 bits per heavy atom. The second-order valence-corrected chi connectivity index (χ2v) is 6.10. The van der Waals surface area contributed by atoms with Crippen LogP contribution in [-0.2, 0) is 0 Å². The fourth-order valence-corrected chi connectivity index (χ4v) is 2.42. The fraction of sp³-hybridized carbons (Fsp3) is 0. The fourth-order valence-electron chi connectivity index (χ4n) is 2.15. The second-order valence-electron chi connectivity index (χ2n) is 5.19. The van der Waals surface area contributed by atoms with Crippen LogP contribution in [0.4, 0.5) is 0 Å². The molecular formula is C21H15BrO2. The molecule has 3 aromatic carbocycles. The van der Waals surface area contributed by atoms with E-state index in [2.05, 4.69) is 15.9 Å². The third-order valence-electron chi connectivity index (χ3n) is 3.41. The van der Waals surface area contributed by atoms with Crippen molar-refractivity contribution in [2.24, 2.45) is 0 Å². The lowest BCUT2D eigenvalue weighted by molar-refractivity contribution is 0.104. The van der Waals surface area contributed by atoms with Crippen molar-refractivity contribution in [2.45, 2.75) is 0 Å². The van der Waals surface area contributed by atoms with Crippen molar-refractivity contribution in [3.63, 3.8) is 0 Å². The summed E-state index contributed by atoms with van der Waals surface area (Å²) in [5, 5.41) is 0. The molecule has 0 aromatic heterocycles. The Morgan fingerprint density at radius 3 is 2.08 bits per heavy atom. The van der Waals surface area contributed by atoms with Gasteiger partial charge in [0.1, 0.15) is 11.5 Å². The van der Waals surface area contributed by atoms with Gasteiger partial charge in [-0.25, -0.2) is 0 Å². The van der Waals surface area contributed by atoms with Gasteiger partial charge in [0.25, 0.3) is 0 Å². The lowest BCUT2D eigenvalue weighted by Crippen LogP contribution is -1.93. The predicted octanol–water partition coefficient (Wildman–Crippen LogP) is 6.14.